The van der Waals surface area contributed by atoms with Gasteiger partial charge in [-0.3, -0.25) is 4.90 Å². The van der Waals surface area contributed by atoms with Crippen molar-refractivity contribution in [3.63, 3.8) is 0 Å². The number of H-pyrrole nitrogens is 1. The lowest BCUT2D eigenvalue weighted by Crippen LogP contribution is -2.42. The standard InChI is InChI=1S/C27H40BN3O4/c1-18-9-14-21(15-18)31(24(32)33-25(2,3)4)17-23-29-16-22(30-23)19-10-12-20(13-11-19)28-34-26(5,6)27(7,8)35-28/h10-13,16,18,21H,9,14-15,17H2,1-8H3,(H,29,30). The predicted molar refractivity (Wildman–Crippen MR) is 138 cm³/mol. The van der Waals surface area contributed by atoms with E-state index in [4.69, 9.17) is 14.0 Å². The molecule has 1 saturated heterocycles. The number of nitrogens with zero attached hydrogens (tertiary/aromatic N) is 2. The Bertz CT molecular complexity index is 1030. The van der Waals surface area contributed by atoms with Gasteiger partial charge in [-0.2, -0.15) is 0 Å². The number of ether oxygens (including phenoxy) is 1. The highest BCUT2D eigenvalue weighted by atomic mass is 16.7. The maximum absolute atomic E-state index is 13.0. The topological polar surface area (TPSA) is 76.7 Å². The van der Waals surface area contributed by atoms with E-state index in [0.29, 0.717) is 12.5 Å². The first-order valence-electron chi connectivity index (χ1n) is 12.7. The molecule has 1 aliphatic heterocycles. The largest absolute Gasteiger partial charge is 0.494 e. The number of hydrogen-bond acceptors (Lipinski definition) is 5. The molecule has 1 amide bonds. The average molecular weight is 481 g/mol. The van der Waals surface area contributed by atoms with Gasteiger partial charge in [-0.1, -0.05) is 31.2 Å². The molecule has 2 unspecified atom stereocenters. The van der Waals surface area contributed by atoms with Crippen LogP contribution in [0.25, 0.3) is 11.3 Å². The summed E-state index contributed by atoms with van der Waals surface area (Å²) in [5.41, 5.74) is 1.63. The first-order chi connectivity index (χ1) is 16.2. The van der Waals surface area contributed by atoms with E-state index in [2.05, 4.69) is 44.6 Å². The molecular weight excluding hydrogens is 441 g/mol. The molecule has 2 heterocycles. The Balaban J connectivity index is 1.47. The molecule has 1 aromatic heterocycles. The zero-order valence-corrected chi connectivity index (χ0v) is 22.5. The molecule has 7 nitrogen and oxygen atoms in total. The fraction of sp³-hybridized carbons (Fsp3) is 0.630. The number of carbonyl (C=O) groups excluding carboxylic acids is 1. The Hall–Kier alpha value is -2.32. The molecule has 2 aromatic rings. The number of imidazole rings is 1. The van der Waals surface area contributed by atoms with E-state index in [0.717, 1.165) is 41.8 Å². The molecule has 8 heteroatoms. The Morgan fingerprint density at radius 1 is 1.14 bits per heavy atom. The van der Waals surface area contributed by atoms with Crippen LogP contribution in [0.4, 0.5) is 4.79 Å². The SMILES string of the molecule is CC1CCC(N(Cc2ncc(-c3ccc(B4OC(C)(C)C(C)(C)O4)cc3)[nH]2)C(=O)OC(C)(C)C)C1. The fourth-order valence-corrected chi connectivity index (χ4v) is 4.67. The second-order valence-corrected chi connectivity index (χ2v) is 12.1. The molecule has 1 aromatic carbocycles. The van der Waals surface area contributed by atoms with Gasteiger partial charge in [0, 0.05) is 6.04 Å². The highest BCUT2D eigenvalue weighted by molar-refractivity contribution is 6.62. The normalized spacial score (nSPS) is 23.5. The second kappa shape index (κ2) is 9.28. The molecular formula is C27H40BN3O4. The van der Waals surface area contributed by atoms with Gasteiger partial charge in [0.1, 0.15) is 11.4 Å². The van der Waals surface area contributed by atoms with Crippen LogP contribution in [0.2, 0.25) is 0 Å². The van der Waals surface area contributed by atoms with Crippen molar-refractivity contribution in [2.24, 2.45) is 5.92 Å². The monoisotopic (exact) mass is 481 g/mol. The minimum Gasteiger partial charge on any atom is -0.444 e. The van der Waals surface area contributed by atoms with Gasteiger partial charge >= 0.3 is 13.2 Å². The lowest BCUT2D eigenvalue weighted by atomic mass is 9.79. The van der Waals surface area contributed by atoms with Crippen molar-refractivity contribution in [3.05, 3.63) is 36.3 Å². The second-order valence-electron chi connectivity index (χ2n) is 12.1. The van der Waals surface area contributed by atoms with Crippen molar-refractivity contribution in [1.82, 2.24) is 14.9 Å². The summed E-state index contributed by atoms with van der Waals surface area (Å²) < 4.78 is 18.1. The molecule has 2 fully saturated rings. The van der Waals surface area contributed by atoms with Crippen LogP contribution in [0, 0.1) is 5.92 Å². The van der Waals surface area contributed by atoms with Crippen LogP contribution >= 0.6 is 0 Å². The zero-order chi connectivity index (χ0) is 25.6. The minimum absolute atomic E-state index is 0.174. The molecule has 2 aliphatic rings. The summed E-state index contributed by atoms with van der Waals surface area (Å²) in [5.74, 6) is 1.36. The molecule has 0 radical (unpaired) electrons. The number of benzene rings is 1. The van der Waals surface area contributed by atoms with Crippen molar-refractivity contribution < 1.29 is 18.8 Å². The molecule has 35 heavy (non-hydrogen) atoms. The molecule has 2 atom stereocenters. The van der Waals surface area contributed by atoms with Crippen LogP contribution in [0.1, 0.15) is 80.5 Å². The number of aromatic nitrogens is 2. The molecule has 0 spiro atoms. The summed E-state index contributed by atoms with van der Waals surface area (Å²) in [6.07, 6.45) is 4.66. The van der Waals surface area contributed by atoms with Gasteiger partial charge in [0.25, 0.3) is 0 Å². The molecule has 1 aliphatic carbocycles. The van der Waals surface area contributed by atoms with E-state index >= 15 is 0 Å². The van der Waals surface area contributed by atoms with Gasteiger partial charge < -0.3 is 19.0 Å². The van der Waals surface area contributed by atoms with Crippen LogP contribution in [-0.4, -0.2) is 50.9 Å². The quantitative estimate of drug-likeness (QED) is 0.587. The third kappa shape index (κ3) is 5.75. The maximum atomic E-state index is 13.0. The average Bonchev–Trinajstić information content (AvgIpc) is 3.43. The van der Waals surface area contributed by atoms with E-state index < -0.39 is 5.60 Å². The van der Waals surface area contributed by atoms with Gasteiger partial charge in [-0.25, -0.2) is 9.78 Å². The first-order valence-corrected chi connectivity index (χ1v) is 12.7. The first kappa shape index (κ1) is 25.8. The third-order valence-corrected chi connectivity index (χ3v) is 7.43. The Morgan fingerprint density at radius 2 is 1.77 bits per heavy atom. The number of aromatic amines is 1. The van der Waals surface area contributed by atoms with Crippen molar-refractivity contribution in [1.29, 1.82) is 0 Å². The highest BCUT2D eigenvalue weighted by Gasteiger charge is 2.51. The van der Waals surface area contributed by atoms with Crippen LogP contribution in [0.5, 0.6) is 0 Å². The van der Waals surface area contributed by atoms with E-state index in [1.165, 1.54) is 0 Å². The van der Waals surface area contributed by atoms with E-state index in [-0.39, 0.29) is 30.5 Å². The molecule has 1 N–H and O–H groups in total. The predicted octanol–water partition coefficient (Wildman–Crippen LogP) is 5.30. The summed E-state index contributed by atoms with van der Waals surface area (Å²) in [4.78, 5) is 22.9. The molecule has 1 saturated carbocycles. The lowest BCUT2D eigenvalue weighted by Gasteiger charge is -2.32. The molecule has 0 bridgehead atoms. The minimum atomic E-state index is -0.535. The van der Waals surface area contributed by atoms with Gasteiger partial charge in [0.05, 0.1) is 29.6 Å². The summed E-state index contributed by atoms with van der Waals surface area (Å²) in [5, 5.41) is 0. The molecule has 4 rings (SSSR count). The van der Waals surface area contributed by atoms with Crippen LogP contribution < -0.4 is 5.46 Å². The van der Waals surface area contributed by atoms with Gasteiger partial charge in [0.15, 0.2) is 0 Å². The van der Waals surface area contributed by atoms with Gasteiger partial charge in [-0.15, -0.1) is 0 Å². The number of rotatable bonds is 5. The van der Waals surface area contributed by atoms with E-state index in [9.17, 15) is 4.79 Å². The van der Waals surface area contributed by atoms with Crippen LogP contribution in [0.3, 0.4) is 0 Å². The van der Waals surface area contributed by atoms with Crippen molar-refractivity contribution in [2.75, 3.05) is 0 Å². The lowest BCUT2D eigenvalue weighted by molar-refractivity contribution is 0.00578. The van der Waals surface area contributed by atoms with Crippen molar-refractivity contribution in [2.45, 2.75) is 104 Å². The van der Waals surface area contributed by atoms with Crippen LogP contribution in [0.15, 0.2) is 30.5 Å². The smallest absolute Gasteiger partial charge is 0.444 e. The Kier molecular flexibility index (Phi) is 6.84. The summed E-state index contributed by atoms with van der Waals surface area (Å²) in [6.45, 7) is 16.6. The van der Waals surface area contributed by atoms with Crippen molar-refractivity contribution >= 4 is 18.7 Å². The van der Waals surface area contributed by atoms with E-state index in [1.807, 2.05) is 56.1 Å². The third-order valence-electron chi connectivity index (χ3n) is 7.43. The van der Waals surface area contributed by atoms with Gasteiger partial charge in [-0.05, 0) is 84.7 Å². The van der Waals surface area contributed by atoms with Gasteiger partial charge in [0.2, 0.25) is 0 Å². The Labute approximate surface area is 210 Å². The number of nitrogens with one attached hydrogen (secondary N) is 1. The fourth-order valence-electron chi connectivity index (χ4n) is 4.67. The highest BCUT2D eigenvalue weighted by Crippen LogP contribution is 2.36. The molecule has 190 valence electrons. The summed E-state index contributed by atoms with van der Waals surface area (Å²) in [7, 11) is -0.387. The number of hydrogen-bond donors (Lipinski definition) is 1. The Morgan fingerprint density at radius 3 is 2.31 bits per heavy atom. The summed E-state index contributed by atoms with van der Waals surface area (Å²) in [6, 6.07) is 8.33. The zero-order valence-electron chi connectivity index (χ0n) is 22.5. The number of amides is 1. The maximum Gasteiger partial charge on any atom is 0.494 e. The number of carbonyl (C=O) groups is 1. The van der Waals surface area contributed by atoms with Crippen LogP contribution in [-0.2, 0) is 20.6 Å². The van der Waals surface area contributed by atoms with E-state index in [1.54, 1.807) is 0 Å². The van der Waals surface area contributed by atoms with Crippen molar-refractivity contribution in [3.8, 4) is 11.3 Å². The summed E-state index contributed by atoms with van der Waals surface area (Å²) >= 11 is 0.